The van der Waals surface area contributed by atoms with Crippen LogP contribution < -0.4 is 30.9 Å². The number of aromatic nitrogens is 2. The van der Waals surface area contributed by atoms with Gasteiger partial charge < -0.3 is 19.8 Å². The van der Waals surface area contributed by atoms with Crippen LogP contribution in [0.15, 0.2) is 39.9 Å². The van der Waals surface area contributed by atoms with Crippen molar-refractivity contribution in [1.29, 1.82) is 0 Å². The zero-order valence-electron chi connectivity index (χ0n) is 15.9. The van der Waals surface area contributed by atoms with Crippen LogP contribution in [-0.4, -0.2) is 36.0 Å². The Morgan fingerprint density at radius 3 is 2.65 bits per heavy atom. The fraction of sp³-hybridized carbons (Fsp3) is 0.176. The van der Waals surface area contributed by atoms with Crippen molar-refractivity contribution < 1.29 is 22.8 Å². The smallest absolute Gasteiger partial charge is 0.348 e. The molecule has 31 heavy (non-hydrogen) atoms. The van der Waals surface area contributed by atoms with E-state index in [1.807, 2.05) is 0 Å². The Labute approximate surface area is 173 Å². The second kappa shape index (κ2) is 7.32. The van der Waals surface area contributed by atoms with Crippen LogP contribution in [0.1, 0.15) is 5.56 Å². The molecule has 0 spiro atoms. The molecule has 0 amide bonds. The monoisotopic (exact) mass is 449 g/mol. The first kappa shape index (κ1) is 20.2. The number of nitro benzene ring substituents is 1. The Morgan fingerprint density at radius 1 is 1.19 bits per heavy atom. The first-order valence-electron chi connectivity index (χ1n) is 8.70. The highest BCUT2D eigenvalue weighted by Crippen LogP contribution is 2.33. The van der Waals surface area contributed by atoms with Crippen LogP contribution in [0.25, 0.3) is 10.9 Å². The van der Waals surface area contributed by atoms with Gasteiger partial charge in [-0.25, -0.2) is 18.0 Å². The molecule has 0 unspecified atom stereocenters. The quantitative estimate of drug-likeness (QED) is 0.356. The minimum atomic E-state index is -3.93. The average molecular weight is 449 g/mol. The molecule has 1 aliphatic rings. The molecule has 4 rings (SSSR count). The van der Waals surface area contributed by atoms with Crippen molar-refractivity contribution in [2.45, 2.75) is 6.54 Å². The average Bonchev–Trinajstić information content (AvgIpc) is 3.16. The first-order chi connectivity index (χ1) is 14.6. The summed E-state index contributed by atoms with van der Waals surface area (Å²) < 4.78 is 33.7. The number of anilines is 1. The van der Waals surface area contributed by atoms with Gasteiger partial charge in [-0.05, 0) is 23.8 Å². The van der Waals surface area contributed by atoms with Crippen LogP contribution in [0.3, 0.4) is 0 Å². The fourth-order valence-electron chi connectivity index (χ4n) is 3.04. The van der Waals surface area contributed by atoms with E-state index < -0.39 is 26.2 Å². The van der Waals surface area contributed by atoms with Crippen LogP contribution in [0.2, 0.25) is 0 Å². The summed E-state index contributed by atoms with van der Waals surface area (Å²) in [5.74, 6) is 1.13. The normalized spacial score (nSPS) is 12.7. The zero-order chi connectivity index (χ0) is 22.3. The molecule has 0 radical (unpaired) electrons. The number of H-pyrrole nitrogens is 1. The second-order valence-electron chi connectivity index (χ2n) is 6.65. The molecular formula is C17H15N5O8S. The summed E-state index contributed by atoms with van der Waals surface area (Å²) in [4.78, 5) is 39.6. The van der Waals surface area contributed by atoms with Crippen molar-refractivity contribution in [3.05, 3.63) is 66.8 Å². The van der Waals surface area contributed by atoms with Gasteiger partial charge in [0.1, 0.15) is 5.69 Å². The number of hydrogen-bond acceptors (Lipinski definition) is 9. The Balaban J connectivity index is 1.76. The van der Waals surface area contributed by atoms with Gasteiger partial charge in [0, 0.05) is 12.6 Å². The van der Waals surface area contributed by atoms with Gasteiger partial charge in [0.25, 0.3) is 11.2 Å². The number of aromatic amines is 1. The van der Waals surface area contributed by atoms with Crippen LogP contribution in [0.4, 0.5) is 11.4 Å². The van der Waals surface area contributed by atoms with Gasteiger partial charge in [0.15, 0.2) is 11.5 Å². The van der Waals surface area contributed by atoms with E-state index in [2.05, 4.69) is 10.3 Å². The van der Waals surface area contributed by atoms with Crippen molar-refractivity contribution in [3.63, 3.8) is 0 Å². The number of fused-ring (bicyclic) bond motifs is 2. The van der Waals surface area contributed by atoms with Crippen LogP contribution in [0.5, 0.6) is 11.5 Å². The van der Waals surface area contributed by atoms with Crippen molar-refractivity contribution in [2.24, 2.45) is 0 Å². The molecule has 0 aliphatic carbocycles. The molecule has 14 heteroatoms. The molecule has 2 aromatic carbocycles. The van der Waals surface area contributed by atoms with Gasteiger partial charge in [-0.1, -0.05) is 6.07 Å². The van der Waals surface area contributed by atoms with Crippen molar-refractivity contribution in [2.75, 3.05) is 23.2 Å². The molecule has 3 aromatic rings. The largest absolute Gasteiger partial charge is 0.454 e. The number of nitro groups is 1. The maximum absolute atomic E-state index is 12.7. The van der Waals surface area contributed by atoms with E-state index in [-0.39, 0.29) is 40.3 Å². The highest BCUT2D eigenvalue weighted by Gasteiger charge is 2.20. The Bertz CT molecular complexity index is 1440. The Hall–Kier alpha value is -4.07. The van der Waals surface area contributed by atoms with Crippen LogP contribution in [0, 0.1) is 10.1 Å². The maximum atomic E-state index is 12.7. The molecule has 1 aliphatic heterocycles. The van der Waals surface area contributed by atoms with Crippen LogP contribution in [-0.2, 0) is 16.6 Å². The Kier molecular flexibility index (Phi) is 4.77. The van der Waals surface area contributed by atoms with E-state index in [1.165, 1.54) is 6.07 Å². The lowest BCUT2D eigenvalue weighted by atomic mass is 10.1. The van der Waals surface area contributed by atoms with Crippen LogP contribution >= 0.6 is 0 Å². The third-order valence-corrected chi connectivity index (χ3v) is 4.90. The number of benzene rings is 2. The second-order valence-corrected chi connectivity index (χ2v) is 8.37. The van der Waals surface area contributed by atoms with E-state index in [4.69, 9.17) is 9.47 Å². The van der Waals surface area contributed by atoms with Gasteiger partial charge in [-0.3, -0.25) is 14.9 Å². The number of nitrogens with one attached hydrogen (secondary N) is 3. The number of hydrogen-bond donors (Lipinski definition) is 3. The van der Waals surface area contributed by atoms with Gasteiger partial charge in [0.05, 0.1) is 22.1 Å². The highest BCUT2D eigenvalue weighted by atomic mass is 32.2. The van der Waals surface area contributed by atoms with Gasteiger partial charge in [0.2, 0.25) is 16.8 Å². The topological polar surface area (TPSA) is 175 Å². The van der Waals surface area contributed by atoms with Gasteiger partial charge in [-0.15, -0.1) is 0 Å². The number of nitrogens with zero attached hydrogens (tertiary/aromatic N) is 2. The maximum Gasteiger partial charge on any atom is 0.348 e. The molecule has 2 heterocycles. The molecule has 0 atom stereocenters. The predicted octanol–water partition coefficient (Wildman–Crippen LogP) is 0.442. The predicted molar refractivity (Wildman–Crippen MR) is 110 cm³/mol. The summed E-state index contributed by atoms with van der Waals surface area (Å²) in [6.45, 7) is 0.260. The minimum absolute atomic E-state index is 0.00483. The summed E-state index contributed by atoms with van der Waals surface area (Å²) in [6, 6.07) is 7.37. The van der Waals surface area contributed by atoms with Gasteiger partial charge >= 0.3 is 5.69 Å². The fourth-order valence-corrected chi connectivity index (χ4v) is 3.54. The Morgan fingerprint density at radius 2 is 1.94 bits per heavy atom. The molecule has 162 valence electrons. The molecule has 0 saturated heterocycles. The van der Waals surface area contributed by atoms with E-state index in [0.29, 0.717) is 11.5 Å². The number of ether oxygens (including phenoxy) is 2. The third-order valence-electron chi connectivity index (χ3n) is 4.39. The number of rotatable bonds is 6. The lowest BCUT2D eigenvalue weighted by Gasteiger charge is -2.11. The minimum Gasteiger partial charge on any atom is -0.454 e. The standard InChI is InChI=1S/C17H15N5O8S/c1-31(27,28)20-21-16(23)10-5-12(13(22(25)26)6-11(10)19-17(21)24)18-7-9-2-3-14-15(4-9)30-8-29-14/h2-6,18,20H,7-8H2,1H3,(H,19,24). The van der Waals surface area contributed by atoms with Crippen molar-refractivity contribution in [3.8, 4) is 11.5 Å². The van der Waals surface area contributed by atoms with E-state index >= 15 is 0 Å². The SMILES string of the molecule is CS(=O)(=O)Nn1c(=O)[nH]c2cc([N+](=O)[O-])c(NCc3ccc4c(c3)OCO4)cc2c1=O. The molecular weight excluding hydrogens is 434 g/mol. The van der Waals surface area contributed by atoms with E-state index in [9.17, 15) is 28.1 Å². The van der Waals surface area contributed by atoms with Gasteiger partial charge in [-0.2, -0.15) is 4.68 Å². The molecule has 0 bridgehead atoms. The lowest BCUT2D eigenvalue weighted by molar-refractivity contribution is -0.383. The summed E-state index contributed by atoms with van der Waals surface area (Å²) in [5.41, 5.74) is -1.82. The van der Waals surface area contributed by atoms with Crippen molar-refractivity contribution in [1.82, 2.24) is 9.66 Å². The molecule has 3 N–H and O–H groups in total. The molecule has 0 saturated carbocycles. The van der Waals surface area contributed by atoms with Crippen molar-refractivity contribution >= 4 is 32.3 Å². The molecule has 0 fully saturated rings. The zero-order valence-corrected chi connectivity index (χ0v) is 16.7. The number of sulfonamides is 1. The van der Waals surface area contributed by atoms with E-state index in [1.54, 1.807) is 23.0 Å². The summed E-state index contributed by atoms with van der Waals surface area (Å²) >= 11 is 0. The molecule has 13 nitrogen and oxygen atoms in total. The highest BCUT2D eigenvalue weighted by molar-refractivity contribution is 7.91. The lowest BCUT2D eigenvalue weighted by Crippen LogP contribution is -2.43. The molecule has 1 aromatic heterocycles. The summed E-state index contributed by atoms with van der Waals surface area (Å²) in [6.07, 6.45) is 0.775. The summed E-state index contributed by atoms with van der Waals surface area (Å²) in [7, 11) is -3.93. The third kappa shape index (κ3) is 4.00. The summed E-state index contributed by atoms with van der Waals surface area (Å²) in [5, 5.41) is 14.3. The van der Waals surface area contributed by atoms with E-state index in [0.717, 1.165) is 17.9 Å². The first-order valence-corrected chi connectivity index (χ1v) is 10.6.